The minimum absolute atomic E-state index is 0.262. The van der Waals surface area contributed by atoms with Crippen LogP contribution in [0.5, 0.6) is 0 Å². The molecule has 7 heteroatoms. The van der Waals surface area contributed by atoms with E-state index in [0.29, 0.717) is 27.0 Å². The molecule has 0 fully saturated rings. The summed E-state index contributed by atoms with van der Waals surface area (Å²) in [4.78, 5) is 29.4. The number of amides is 2. The number of aromatic nitrogens is 2. The molecule has 3 N–H and O–H groups in total. The van der Waals surface area contributed by atoms with Gasteiger partial charge in [-0.15, -0.1) is 0 Å². The fraction of sp³-hybridized carbons (Fsp3) is 0. The standard InChI is InChI=1S/C21H16N4O2S/c22-19(26)15-8-10-16(11-9-15)23-20(27)18-17(14-6-2-1-3-7-14)24-21(28-18)25-12-4-5-13-25/h1-13H,(H2,22,26)(H,23,27). The van der Waals surface area contributed by atoms with Crippen LogP contribution in [0.4, 0.5) is 5.69 Å². The highest BCUT2D eigenvalue weighted by molar-refractivity contribution is 7.16. The van der Waals surface area contributed by atoms with Crippen LogP contribution >= 0.6 is 11.3 Å². The number of hydrogen-bond acceptors (Lipinski definition) is 4. The molecule has 2 heterocycles. The van der Waals surface area contributed by atoms with Gasteiger partial charge in [-0.3, -0.25) is 9.59 Å². The van der Waals surface area contributed by atoms with Crippen LogP contribution in [0.25, 0.3) is 16.4 Å². The Bertz CT molecular complexity index is 1120. The number of carbonyl (C=O) groups is 2. The summed E-state index contributed by atoms with van der Waals surface area (Å²) < 4.78 is 1.87. The molecule has 0 aliphatic rings. The Kier molecular flexibility index (Phi) is 4.74. The summed E-state index contributed by atoms with van der Waals surface area (Å²) in [7, 11) is 0. The van der Waals surface area contributed by atoms with Gasteiger partial charge in [0.2, 0.25) is 5.91 Å². The summed E-state index contributed by atoms with van der Waals surface area (Å²) in [5.74, 6) is -0.773. The molecule has 0 saturated carbocycles. The number of nitrogens with two attached hydrogens (primary N) is 1. The molecular formula is C21H16N4O2S. The Morgan fingerprint density at radius 2 is 1.61 bits per heavy atom. The second kappa shape index (κ2) is 7.50. The number of nitrogens with one attached hydrogen (secondary N) is 1. The van der Waals surface area contributed by atoms with Crippen molar-refractivity contribution in [2.24, 2.45) is 5.73 Å². The quantitative estimate of drug-likeness (QED) is 0.542. The van der Waals surface area contributed by atoms with Gasteiger partial charge in [0.1, 0.15) is 4.88 Å². The monoisotopic (exact) mass is 388 g/mol. The smallest absolute Gasteiger partial charge is 0.268 e. The zero-order chi connectivity index (χ0) is 19.5. The number of carbonyl (C=O) groups excluding carboxylic acids is 2. The molecule has 0 aliphatic heterocycles. The highest BCUT2D eigenvalue weighted by atomic mass is 32.1. The first-order valence-corrected chi connectivity index (χ1v) is 9.34. The fourth-order valence-electron chi connectivity index (χ4n) is 2.73. The van der Waals surface area contributed by atoms with E-state index in [1.54, 1.807) is 24.3 Å². The van der Waals surface area contributed by atoms with E-state index in [1.165, 1.54) is 11.3 Å². The van der Waals surface area contributed by atoms with Gasteiger partial charge >= 0.3 is 0 Å². The molecule has 6 nitrogen and oxygen atoms in total. The van der Waals surface area contributed by atoms with Gasteiger partial charge in [-0.05, 0) is 36.4 Å². The van der Waals surface area contributed by atoms with Crippen LogP contribution in [0.15, 0.2) is 79.1 Å². The van der Waals surface area contributed by atoms with Crippen molar-refractivity contribution in [2.75, 3.05) is 5.32 Å². The SMILES string of the molecule is NC(=O)c1ccc(NC(=O)c2sc(-n3cccc3)nc2-c2ccccc2)cc1. The summed E-state index contributed by atoms with van der Waals surface area (Å²) >= 11 is 1.31. The maximum atomic E-state index is 13.0. The number of nitrogens with zero attached hydrogens (tertiary/aromatic N) is 2. The first-order chi connectivity index (χ1) is 13.6. The Morgan fingerprint density at radius 3 is 2.25 bits per heavy atom. The zero-order valence-electron chi connectivity index (χ0n) is 14.7. The fourth-order valence-corrected chi connectivity index (χ4v) is 3.68. The molecule has 28 heavy (non-hydrogen) atoms. The normalized spacial score (nSPS) is 10.6. The zero-order valence-corrected chi connectivity index (χ0v) is 15.5. The predicted molar refractivity (Wildman–Crippen MR) is 110 cm³/mol. The van der Waals surface area contributed by atoms with Crippen molar-refractivity contribution in [2.45, 2.75) is 0 Å². The molecule has 0 bridgehead atoms. The number of hydrogen-bond donors (Lipinski definition) is 2. The second-order valence-electron chi connectivity index (χ2n) is 6.03. The number of anilines is 1. The first-order valence-electron chi connectivity index (χ1n) is 8.52. The van der Waals surface area contributed by atoms with Crippen LogP contribution in [0.2, 0.25) is 0 Å². The van der Waals surface area contributed by atoms with Gasteiger partial charge in [-0.25, -0.2) is 4.98 Å². The van der Waals surface area contributed by atoms with Crippen LogP contribution in [0, 0.1) is 0 Å². The van der Waals surface area contributed by atoms with E-state index in [4.69, 9.17) is 5.73 Å². The number of primary amides is 1. The largest absolute Gasteiger partial charge is 0.366 e. The average Bonchev–Trinajstić information content (AvgIpc) is 3.39. The highest BCUT2D eigenvalue weighted by Crippen LogP contribution is 2.31. The molecule has 4 rings (SSSR count). The van der Waals surface area contributed by atoms with Crippen LogP contribution < -0.4 is 11.1 Å². The molecule has 0 radical (unpaired) electrons. The van der Waals surface area contributed by atoms with Crippen molar-refractivity contribution < 1.29 is 9.59 Å². The van der Waals surface area contributed by atoms with Crippen LogP contribution in [-0.2, 0) is 0 Å². The van der Waals surface area contributed by atoms with E-state index in [-0.39, 0.29) is 5.91 Å². The molecule has 0 spiro atoms. The van der Waals surface area contributed by atoms with Crippen molar-refractivity contribution in [3.8, 4) is 16.4 Å². The third-order valence-electron chi connectivity index (χ3n) is 4.12. The molecule has 2 amide bonds. The third kappa shape index (κ3) is 3.56. The molecule has 138 valence electrons. The predicted octanol–water partition coefficient (Wildman–Crippen LogP) is 3.95. The lowest BCUT2D eigenvalue weighted by Crippen LogP contribution is -2.13. The van der Waals surface area contributed by atoms with Crippen molar-refractivity contribution in [1.29, 1.82) is 0 Å². The number of rotatable bonds is 5. The van der Waals surface area contributed by atoms with Gasteiger partial charge in [-0.2, -0.15) is 0 Å². The van der Waals surface area contributed by atoms with Gasteiger partial charge in [0.15, 0.2) is 5.13 Å². The summed E-state index contributed by atoms with van der Waals surface area (Å²) in [6, 6.07) is 19.8. The summed E-state index contributed by atoms with van der Waals surface area (Å²) in [5, 5.41) is 3.57. The lowest BCUT2D eigenvalue weighted by Gasteiger charge is -2.06. The lowest BCUT2D eigenvalue weighted by atomic mass is 10.1. The topological polar surface area (TPSA) is 90.0 Å². The van der Waals surface area contributed by atoms with Crippen molar-refractivity contribution in [3.05, 3.63) is 89.6 Å². The lowest BCUT2D eigenvalue weighted by molar-refractivity contribution is 0.0998. The molecule has 2 aromatic heterocycles. The first kappa shape index (κ1) is 17.7. The Labute approximate surface area is 165 Å². The van der Waals surface area contributed by atoms with Crippen molar-refractivity contribution >= 4 is 28.8 Å². The second-order valence-corrected chi connectivity index (χ2v) is 7.00. The van der Waals surface area contributed by atoms with E-state index in [9.17, 15) is 9.59 Å². The van der Waals surface area contributed by atoms with E-state index in [2.05, 4.69) is 10.3 Å². The highest BCUT2D eigenvalue weighted by Gasteiger charge is 2.20. The Morgan fingerprint density at radius 1 is 0.929 bits per heavy atom. The molecule has 0 atom stereocenters. The Balaban J connectivity index is 1.69. The van der Waals surface area contributed by atoms with Gasteiger partial charge < -0.3 is 15.6 Å². The maximum Gasteiger partial charge on any atom is 0.268 e. The van der Waals surface area contributed by atoms with Gasteiger partial charge in [0, 0.05) is 29.2 Å². The van der Waals surface area contributed by atoms with Gasteiger partial charge in [0.05, 0.1) is 5.69 Å². The van der Waals surface area contributed by atoms with Crippen LogP contribution in [-0.4, -0.2) is 21.4 Å². The molecule has 4 aromatic rings. The molecule has 2 aromatic carbocycles. The summed E-state index contributed by atoms with van der Waals surface area (Å²) in [6.45, 7) is 0. The van der Waals surface area contributed by atoms with E-state index in [1.807, 2.05) is 59.4 Å². The van der Waals surface area contributed by atoms with Crippen molar-refractivity contribution in [3.63, 3.8) is 0 Å². The Hall–Kier alpha value is -3.71. The van der Waals surface area contributed by atoms with E-state index in [0.717, 1.165) is 5.56 Å². The molecule has 0 aliphatic carbocycles. The van der Waals surface area contributed by atoms with E-state index >= 15 is 0 Å². The minimum atomic E-state index is -0.511. The molecule has 0 saturated heterocycles. The van der Waals surface area contributed by atoms with Gasteiger partial charge in [-0.1, -0.05) is 41.7 Å². The molecule has 0 unspecified atom stereocenters. The number of thiazole rings is 1. The number of benzene rings is 2. The summed E-state index contributed by atoms with van der Waals surface area (Å²) in [6.07, 6.45) is 3.77. The van der Waals surface area contributed by atoms with Crippen LogP contribution in [0.3, 0.4) is 0 Å². The summed E-state index contributed by atoms with van der Waals surface area (Å²) in [5.41, 5.74) is 7.71. The van der Waals surface area contributed by atoms with E-state index < -0.39 is 5.91 Å². The van der Waals surface area contributed by atoms with Crippen LogP contribution in [0.1, 0.15) is 20.0 Å². The average molecular weight is 388 g/mol. The third-order valence-corrected chi connectivity index (χ3v) is 5.19. The molecular weight excluding hydrogens is 372 g/mol. The maximum absolute atomic E-state index is 13.0. The van der Waals surface area contributed by atoms with Crippen molar-refractivity contribution in [1.82, 2.24) is 9.55 Å². The van der Waals surface area contributed by atoms with Gasteiger partial charge in [0.25, 0.3) is 5.91 Å². The minimum Gasteiger partial charge on any atom is -0.366 e.